The highest BCUT2D eigenvalue weighted by atomic mass is 32.1. The van der Waals surface area contributed by atoms with Gasteiger partial charge in [0, 0.05) is 11.7 Å². The lowest BCUT2D eigenvalue weighted by Gasteiger charge is -2.30. The number of para-hydroxylation sites is 1. The number of rotatable bonds is 1. The summed E-state index contributed by atoms with van der Waals surface area (Å²) in [6.45, 7) is 0. The van der Waals surface area contributed by atoms with Gasteiger partial charge < -0.3 is 10.2 Å². The van der Waals surface area contributed by atoms with Crippen LogP contribution in [0.15, 0.2) is 30.3 Å². The molecule has 1 heterocycles. The number of anilines is 1. The Kier molecular flexibility index (Phi) is 2.56. The predicted octanol–water partition coefficient (Wildman–Crippen LogP) is 2.69. The lowest BCUT2D eigenvalue weighted by molar-refractivity contribution is 0.390. The lowest BCUT2D eigenvalue weighted by Crippen LogP contribution is -2.38. The van der Waals surface area contributed by atoms with Crippen LogP contribution in [-0.2, 0) is 0 Å². The van der Waals surface area contributed by atoms with E-state index in [4.69, 9.17) is 12.2 Å². The fourth-order valence-corrected chi connectivity index (χ4v) is 3.26. The number of nitrogens with zero attached hydrogens (tertiary/aromatic N) is 1. The average Bonchev–Trinajstić information content (AvgIpc) is 2.66. The van der Waals surface area contributed by atoms with Gasteiger partial charge in [0.05, 0.1) is 6.04 Å². The van der Waals surface area contributed by atoms with Crippen molar-refractivity contribution in [2.24, 2.45) is 0 Å². The van der Waals surface area contributed by atoms with Crippen molar-refractivity contribution in [2.75, 3.05) is 4.90 Å². The number of hydrogen-bond donors (Lipinski definition) is 1. The van der Waals surface area contributed by atoms with Gasteiger partial charge in [0.2, 0.25) is 0 Å². The van der Waals surface area contributed by atoms with E-state index >= 15 is 0 Å². The quantitative estimate of drug-likeness (QED) is 0.749. The summed E-state index contributed by atoms with van der Waals surface area (Å²) < 4.78 is 0. The smallest absolute Gasteiger partial charge is 0.174 e. The molecule has 2 fully saturated rings. The molecule has 0 aromatic heterocycles. The zero-order valence-corrected chi connectivity index (χ0v) is 10.0. The van der Waals surface area contributed by atoms with Crippen molar-refractivity contribution in [1.29, 1.82) is 0 Å². The van der Waals surface area contributed by atoms with Gasteiger partial charge in [-0.2, -0.15) is 0 Å². The zero-order chi connectivity index (χ0) is 11.0. The second-order valence-corrected chi connectivity index (χ2v) is 5.00. The molecule has 1 N–H and O–H groups in total. The van der Waals surface area contributed by atoms with Crippen LogP contribution in [0.5, 0.6) is 0 Å². The largest absolute Gasteiger partial charge is 0.357 e. The molecule has 2 nitrogen and oxygen atoms in total. The molecule has 2 atom stereocenters. The number of fused-ring (bicyclic) bond motifs is 1. The highest BCUT2D eigenvalue weighted by Gasteiger charge is 2.38. The number of thiocarbonyl (C=S) groups is 1. The first-order chi connectivity index (χ1) is 7.86. The van der Waals surface area contributed by atoms with Gasteiger partial charge in [-0.15, -0.1) is 0 Å². The second-order valence-electron chi connectivity index (χ2n) is 4.61. The van der Waals surface area contributed by atoms with Crippen LogP contribution in [0.4, 0.5) is 5.69 Å². The van der Waals surface area contributed by atoms with Crippen molar-refractivity contribution in [1.82, 2.24) is 5.32 Å². The first kappa shape index (κ1) is 10.1. The number of hydrogen-bond acceptors (Lipinski definition) is 1. The van der Waals surface area contributed by atoms with Crippen molar-refractivity contribution in [3.05, 3.63) is 30.3 Å². The minimum atomic E-state index is 0.571. The summed E-state index contributed by atoms with van der Waals surface area (Å²) in [6, 6.07) is 11.6. The molecule has 0 amide bonds. The summed E-state index contributed by atoms with van der Waals surface area (Å²) in [7, 11) is 0. The highest BCUT2D eigenvalue weighted by Crippen LogP contribution is 2.31. The molecule has 1 saturated carbocycles. The van der Waals surface area contributed by atoms with Gasteiger partial charge in [0.1, 0.15) is 0 Å². The SMILES string of the molecule is S=C1N[C@@H]2CCCC[C@@H]2N1c1ccccc1. The third kappa shape index (κ3) is 1.59. The normalized spacial score (nSPS) is 28.8. The number of benzene rings is 1. The van der Waals surface area contributed by atoms with Gasteiger partial charge in [-0.3, -0.25) is 0 Å². The molecule has 0 radical (unpaired) electrons. The molecule has 84 valence electrons. The maximum atomic E-state index is 5.45. The van der Waals surface area contributed by atoms with E-state index in [0.29, 0.717) is 12.1 Å². The maximum Gasteiger partial charge on any atom is 0.174 e. The van der Waals surface area contributed by atoms with Crippen molar-refractivity contribution < 1.29 is 0 Å². The maximum absolute atomic E-state index is 5.45. The minimum absolute atomic E-state index is 0.571. The summed E-state index contributed by atoms with van der Waals surface area (Å²) in [6.07, 6.45) is 5.18. The predicted molar refractivity (Wildman–Crippen MR) is 70.7 cm³/mol. The van der Waals surface area contributed by atoms with E-state index in [1.165, 1.54) is 31.4 Å². The molecule has 0 unspecified atom stereocenters. The summed E-state index contributed by atoms with van der Waals surface area (Å²) in [5, 5.41) is 4.37. The average molecular weight is 232 g/mol. The van der Waals surface area contributed by atoms with Crippen molar-refractivity contribution in [3.8, 4) is 0 Å². The van der Waals surface area contributed by atoms with Crippen LogP contribution in [0.3, 0.4) is 0 Å². The van der Waals surface area contributed by atoms with E-state index in [2.05, 4.69) is 40.5 Å². The Bertz CT molecular complexity index is 390. The molecule has 1 aliphatic carbocycles. The van der Waals surface area contributed by atoms with Gasteiger partial charge in [-0.25, -0.2) is 0 Å². The molecule has 1 saturated heterocycles. The Morgan fingerprint density at radius 2 is 1.88 bits per heavy atom. The third-order valence-corrected chi connectivity index (χ3v) is 3.94. The molecule has 1 aromatic rings. The molecule has 16 heavy (non-hydrogen) atoms. The van der Waals surface area contributed by atoms with E-state index in [1.807, 2.05) is 0 Å². The van der Waals surface area contributed by atoms with Crippen LogP contribution in [0.1, 0.15) is 25.7 Å². The van der Waals surface area contributed by atoms with Gasteiger partial charge in [-0.1, -0.05) is 31.0 Å². The Balaban J connectivity index is 1.91. The van der Waals surface area contributed by atoms with E-state index in [-0.39, 0.29) is 0 Å². The fourth-order valence-electron chi connectivity index (χ4n) is 2.86. The van der Waals surface area contributed by atoms with E-state index < -0.39 is 0 Å². The summed E-state index contributed by atoms with van der Waals surface area (Å²) in [5.74, 6) is 0. The van der Waals surface area contributed by atoms with Gasteiger partial charge in [-0.05, 0) is 37.2 Å². The molecule has 1 aromatic carbocycles. The molecule has 0 bridgehead atoms. The van der Waals surface area contributed by atoms with Gasteiger partial charge in [0.25, 0.3) is 0 Å². The Labute approximate surface area is 102 Å². The standard InChI is InChI=1S/C13H16N2S/c16-13-14-11-8-4-5-9-12(11)15(13)10-6-2-1-3-7-10/h1-3,6-7,11-12H,4-5,8-9H2,(H,14,16)/t11-,12+/m1/s1. The van der Waals surface area contributed by atoms with E-state index in [9.17, 15) is 0 Å². The third-order valence-electron chi connectivity index (χ3n) is 3.62. The molecular weight excluding hydrogens is 216 g/mol. The molecule has 2 aliphatic rings. The Hall–Kier alpha value is -1.09. The molecular formula is C13H16N2S. The van der Waals surface area contributed by atoms with Crippen LogP contribution in [-0.4, -0.2) is 17.2 Å². The molecule has 3 rings (SSSR count). The first-order valence-corrected chi connectivity index (χ1v) is 6.42. The second kappa shape index (κ2) is 4.06. The van der Waals surface area contributed by atoms with Crippen LogP contribution in [0.2, 0.25) is 0 Å². The lowest BCUT2D eigenvalue weighted by atomic mass is 9.91. The number of nitrogens with one attached hydrogen (secondary N) is 1. The molecule has 0 spiro atoms. The van der Waals surface area contributed by atoms with Crippen LogP contribution in [0, 0.1) is 0 Å². The van der Waals surface area contributed by atoms with Crippen molar-refractivity contribution in [2.45, 2.75) is 37.8 Å². The molecule has 1 aliphatic heterocycles. The first-order valence-electron chi connectivity index (χ1n) is 6.01. The summed E-state index contributed by atoms with van der Waals surface area (Å²) in [4.78, 5) is 2.30. The summed E-state index contributed by atoms with van der Waals surface area (Å²) >= 11 is 5.45. The van der Waals surface area contributed by atoms with Crippen LogP contribution < -0.4 is 10.2 Å². The topological polar surface area (TPSA) is 15.3 Å². The van der Waals surface area contributed by atoms with Gasteiger partial charge >= 0.3 is 0 Å². The Morgan fingerprint density at radius 1 is 1.12 bits per heavy atom. The summed E-state index contributed by atoms with van der Waals surface area (Å²) in [5.41, 5.74) is 1.23. The molecule has 3 heteroatoms. The van der Waals surface area contributed by atoms with Crippen LogP contribution in [0.25, 0.3) is 0 Å². The minimum Gasteiger partial charge on any atom is -0.357 e. The van der Waals surface area contributed by atoms with Crippen molar-refractivity contribution >= 4 is 23.0 Å². The zero-order valence-electron chi connectivity index (χ0n) is 9.23. The Morgan fingerprint density at radius 3 is 2.69 bits per heavy atom. The monoisotopic (exact) mass is 232 g/mol. The van der Waals surface area contributed by atoms with E-state index in [1.54, 1.807) is 0 Å². The fraction of sp³-hybridized carbons (Fsp3) is 0.462. The van der Waals surface area contributed by atoms with E-state index in [0.717, 1.165) is 5.11 Å². The van der Waals surface area contributed by atoms with Gasteiger partial charge in [0.15, 0.2) is 5.11 Å². The van der Waals surface area contributed by atoms with Crippen molar-refractivity contribution in [3.63, 3.8) is 0 Å². The van der Waals surface area contributed by atoms with Crippen LogP contribution >= 0.6 is 12.2 Å². The highest BCUT2D eigenvalue weighted by molar-refractivity contribution is 7.80.